The summed E-state index contributed by atoms with van der Waals surface area (Å²) >= 11 is 0. The molecule has 1 aromatic heterocycles. The van der Waals surface area contributed by atoms with E-state index in [4.69, 9.17) is 14.6 Å². The van der Waals surface area contributed by atoms with Gasteiger partial charge in [-0.25, -0.2) is 4.79 Å². The molecule has 0 saturated heterocycles. The van der Waals surface area contributed by atoms with E-state index < -0.39 is 5.97 Å². The third-order valence-electron chi connectivity index (χ3n) is 2.10. The minimum Gasteiger partial charge on any atom is -0.478 e. The Bertz CT molecular complexity index is 345. The predicted molar refractivity (Wildman–Crippen MR) is 53.8 cm³/mol. The van der Waals surface area contributed by atoms with Crippen LogP contribution in [0.5, 0.6) is 0 Å². The van der Waals surface area contributed by atoms with Crippen LogP contribution in [0.25, 0.3) is 0 Å². The third kappa shape index (κ3) is 3.07. The van der Waals surface area contributed by atoms with Crippen LogP contribution in [0, 0.1) is 6.92 Å². The Morgan fingerprint density at radius 1 is 1.67 bits per heavy atom. The average Bonchev–Trinajstić information content (AvgIpc) is 2.56. The van der Waals surface area contributed by atoms with Gasteiger partial charge in [0.1, 0.15) is 17.1 Å². The number of aliphatic hydroxyl groups is 1. The first-order valence-corrected chi connectivity index (χ1v) is 4.71. The van der Waals surface area contributed by atoms with E-state index in [2.05, 4.69) is 5.32 Å². The summed E-state index contributed by atoms with van der Waals surface area (Å²) in [5, 5.41) is 20.5. The summed E-state index contributed by atoms with van der Waals surface area (Å²) in [7, 11) is 0. The second-order valence-corrected chi connectivity index (χ2v) is 3.45. The van der Waals surface area contributed by atoms with Crippen LogP contribution >= 0.6 is 0 Å². The Kier molecular flexibility index (Phi) is 3.88. The van der Waals surface area contributed by atoms with Crippen molar-refractivity contribution in [1.82, 2.24) is 5.32 Å². The standard InChI is InChI=1S/C10H15NO4/c1-6(5-12)11-4-8-3-9(10(13)14)7(2)15-8/h3,6,11-12H,4-5H2,1-2H3,(H,13,14). The van der Waals surface area contributed by atoms with Crippen LogP contribution in [0.3, 0.4) is 0 Å². The quantitative estimate of drug-likeness (QED) is 0.672. The molecule has 0 bridgehead atoms. The Morgan fingerprint density at radius 2 is 2.33 bits per heavy atom. The van der Waals surface area contributed by atoms with Gasteiger partial charge >= 0.3 is 5.97 Å². The number of rotatable bonds is 5. The van der Waals surface area contributed by atoms with Gasteiger partial charge in [0, 0.05) is 6.04 Å². The molecule has 15 heavy (non-hydrogen) atoms. The molecule has 1 rings (SSSR count). The van der Waals surface area contributed by atoms with Gasteiger partial charge in [-0.15, -0.1) is 0 Å². The first-order valence-electron chi connectivity index (χ1n) is 4.71. The van der Waals surface area contributed by atoms with E-state index in [1.807, 2.05) is 6.92 Å². The van der Waals surface area contributed by atoms with Gasteiger partial charge in [0.15, 0.2) is 0 Å². The Hall–Kier alpha value is -1.33. The fraction of sp³-hybridized carbons (Fsp3) is 0.500. The lowest BCUT2D eigenvalue weighted by Crippen LogP contribution is -2.28. The summed E-state index contributed by atoms with van der Waals surface area (Å²) in [6.45, 7) is 3.89. The van der Waals surface area contributed by atoms with Crippen molar-refractivity contribution >= 4 is 5.97 Å². The number of carbonyl (C=O) groups is 1. The van der Waals surface area contributed by atoms with E-state index >= 15 is 0 Å². The molecule has 1 unspecified atom stereocenters. The second kappa shape index (κ2) is 4.95. The number of aromatic carboxylic acids is 1. The molecular weight excluding hydrogens is 198 g/mol. The molecule has 5 heteroatoms. The normalized spacial score (nSPS) is 12.7. The maximum atomic E-state index is 10.7. The van der Waals surface area contributed by atoms with Crippen LogP contribution in [0.2, 0.25) is 0 Å². The molecule has 0 radical (unpaired) electrons. The van der Waals surface area contributed by atoms with Gasteiger partial charge in [-0.3, -0.25) is 0 Å². The second-order valence-electron chi connectivity index (χ2n) is 3.45. The zero-order valence-corrected chi connectivity index (χ0v) is 8.78. The van der Waals surface area contributed by atoms with Crippen molar-refractivity contribution < 1.29 is 19.4 Å². The first kappa shape index (κ1) is 11.7. The highest BCUT2D eigenvalue weighted by Crippen LogP contribution is 2.14. The van der Waals surface area contributed by atoms with Crippen LogP contribution in [0.1, 0.15) is 28.8 Å². The summed E-state index contributed by atoms with van der Waals surface area (Å²) in [6, 6.07) is 1.46. The van der Waals surface area contributed by atoms with Crippen LogP contribution in [-0.4, -0.2) is 28.8 Å². The highest BCUT2D eigenvalue weighted by molar-refractivity contribution is 5.88. The highest BCUT2D eigenvalue weighted by Gasteiger charge is 2.13. The number of hydrogen-bond donors (Lipinski definition) is 3. The van der Waals surface area contributed by atoms with E-state index in [1.165, 1.54) is 6.07 Å². The maximum Gasteiger partial charge on any atom is 0.339 e. The lowest BCUT2D eigenvalue weighted by molar-refractivity contribution is 0.0695. The van der Waals surface area contributed by atoms with E-state index in [0.29, 0.717) is 18.1 Å². The lowest BCUT2D eigenvalue weighted by atomic mass is 10.2. The van der Waals surface area contributed by atoms with Crippen molar-refractivity contribution in [3.63, 3.8) is 0 Å². The third-order valence-corrected chi connectivity index (χ3v) is 2.10. The predicted octanol–water partition coefficient (Wildman–Crippen LogP) is 0.757. The van der Waals surface area contributed by atoms with Gasteiger partial charge in [0.2, 0.25) is 0 Å². The minimum absolute atomic E-state index is 0.0332. The maximum absolute atomic E-state index is 10.7. The van der Waals surface area contributed by atoms with Gasteiger partial charge < -0.3 is 19.9 Å². The van der Waals surface area contributed by atoms with Crippen LogP contribution < -0.4 is 5.32 Å². The molecule has 84 valence electrons. The van der Waals surface area contributed by atoms with Crippen molar-refractivity contribution in [2.45, 2.75) is 26.4 Å². The van der Waals surface area contributed by atoms with E-state index in [0.717, 1.165) is 0 Å². The molecule has 1 heterocycles. The molecule has 3 N–H and O–H groups in total. The fourth-order valence-electron chi connectivity index (χ4n) is 1.18. The van der Waals surface area contributed by atoms with Crippen molar-refractivity contribution in [1.29, 1.82) is 0 Å². The Balaban J connectivity index is 2.63. The topological polar surface area (TPSA) is 82.7 Å². The zero-order valence-electron chi connectivity index (χ0n) is 8.78. The summed E-state index contributed by atoms with van der Waals surface area (Å²) in [6.07, 6.45) is 0. The van der Waals surface area contributed by atoms with E-state index in [-0.39, 0.29) is 18.2 Å². The average molecular weight is 213 g/mol. The number of carboxylic acids is 1. The molecule has 0 aromatic carbocycles. The SMILES string of the molecule is Cc1oc(CNC(C)CO)cc1C(=O)O. The van der Waals surface area contributed by atoms with Gasteiger partial charge in [0.05, 0.1) is 13.2 Å². The van der Waals surface area contributed by atoms with Crippen molar-refractivity contribution in [3.05, 3.63) is 23.2 Å². The van der Waals surface area contributed by atoms with Crippen molar-refractivity contribution in [3.8, 4) is 0 Å². The van der Waals surface area contributed by atoms with Crippen molar-refractivity contribution in [2.75, 3.05) is 6.61 Å². The van der Waals surface area contributed by atoms with Gasteiger partial charge in [-0.05, 0) is 19.9 Å². The number of nitrogens with one attached hydrogen (secondary N) is 1. The van der Waals surface area contributed by atoms with Crippen LogP contribution in [0.4, 0.5) is 0 Å². The number of carboxylic acid groups (broad SMARTS) is 1. The largest absolute Gasteiger partial charge is 0.478 e. The number of aryl methyl sites for hydroxylation is 1. The van der Waals surface area contributed by atoms with E-state index in [1.54, 1.807) is 6.92 Å². The molecule has 1 atom stereocenters. The molecular formula is C10H15NO4. The molecule has 0 spiro atoms. The van der Waals surface area contributed by atoms with Crippen molar-refractivity contribution in [2.24, 2.45) is 0 Å². The minimum atomic E-state index is -0.988. The lowest BCUT2D eigenvalue weighted by Gasteiger charge is -2.07. The van der Waals surface area contributed by atoms with Gasteiger partial charge in [-0.2, -0.15) is 0 Å². The smallest absolute Gasteiger partial charge is 0.339 e. The number of hydrogen-bond acceptors (Lipinski definition) is 4. The fourth-order valence-corrected chi connectivity index (χ4v) is 1.18. The highest BCUT2D eigenvalue weighted by atomic mass is 16.4. The first-order chi connectivity index (χ1) is 7.04. The molecule has 0 aliphatic heterocycles. The molecule has 5 nitrogen and oxygen atoms in total. The molecule has 0 aliphatic rings. The Morgan fingerprint density at radius 3 is 2.80 bits per heavy atom. The monoisotopic (exact) mass is 213 g/mol. The summed E-state index contributed by atoms with van der Waals surface area (Å²) in [4.78, 5) is 10.7. The van der Waals surface area contributed by atoms with Crippen LogP contribution in [-0.2, 0) is 6.54 Å². The molecule has 0 amide bonds. The van der Waals surface area contributed by atoms with Gasteiger partial charge in [0.25, 0.3) is 0 Å². The van der Waals surface area contributed by atoms with Crippen LogP contribution in [0.15, 0.2) is 10.5 Å². The summed E-state index contributed by atoms with van der Waals surface area (Å²) < 4.78 is 5.25. The molecule has 1 aromatic rings. The van der Waals surface area contributed by atoms with E-state index in [9.17, 15) is 4.79 Å². The summed E-state index contributed by atoms with van der Waals surface area (Å²) in [5.41, 5.74) is 0.184. The molecule has 0 fully saturated rings. The molecule has 0 aliphatic carbocycles. The number of furan rings is 1. The number of aliphatic hydroxyl groups excluding tert-OH is 1. The summed E-state index contributed by atoms with van der Waals surface area (Å²) in [5.74, 6) is -0.0288. The Labute approximate surface area is 87.7 Å². The van der Waals surface area contributed by atoms with Gasteiger partial charge in [-0.1, -0.05) is 0 Å². The molecule has 0 saturated carbocycles. The zero-order chi connectivity index (χ0) is 11.4.